The molecule has 0 saturated carbocycles. The van der Waals surface area contributed by atoms with E-state index >= 15 is 0 Å². The molecule has 0 atom stereocenters. The summed E-state index contributed by atoms with van der Waals surface area (Å²) in [5, 5.41) is 12.6. The number of carbonyl (C=O) groups excluding carboxylic acids is 1. The second kappa shape index (κ2) is 4.54. The minimum atomic E-state index is -0.701. The Balaban J connectivity index is 2.76. The molecule has 0 fully saturated rings. The lowest BCUT2D eigenvalue weighted by atomic mass is 10.1. The Bertz CT molecular complexity index is 402. The van der Waals surface area contributed by atoms with Crippen molar-refractivity contribution in [1.82, 2.24) is 0 Å². The van der Waals surface area contributed by atoms with Crippen molar-refractivity contribution in [3.63, 3.8) is 0 Å². The number of hydrogen-bond donors (Lipinski definition) is 1. The van der Waals surface area contributed by atoms with Gasteiger partial charge in [-0.25, -0.2) is 0 Å². The molecule has 0 aromatic heterocycles. The molecule has 0 unspecified atom stereocenters. The molecule has 0 radical (unpaired) electrons. The Morgan fingerprint density at radius 3 is 2.73 bits per heavy atom. The Labute approximate surface area is 87.3 Å². The molecule has 15 heavy (non-hydrogen) atoms. The number of nitrogens with zero attached hydrogens (tertiary/aromatic N) is 1. The first-order chi connectivity index (χ1) is 6.99. The molecule has 5 heteroatoms. The van der Waals surface area contributed by atoms with Crippen LogP contribution >= 0.6 is 0 Å². The molecule has 1 rings (SSSR count). The largest absolute Gasteiger partial charge is 0.320 e. The van der Waals surface area contributed by atoms with Crippen LogP contribution in [0, 0.1) is 24.0 Å². The molecule has 0 bridgehead atoms. The molecule has 80 valence electrons. The average molecular weight is 208 g/mol. The highest BCUT2D eigenvalue weighted by Gasteiger charge is 2.10. The normalized spacial score (nSPS) is 9.73. The highest BCUT2D eigenvalue weighted by atomic mass is 16.6. The maximum atomic E-state index is 11.1. The number of benzene rings is 1. The minimum absolute atomic E-state index is 0.603. The summed E-state index contributed by atoms with van der Waals surface area (Å²) in [6, 6.07) is 5.56. The van der Waals surface area contributed by atoms with E-state index in [0.717, 1.165) is 11.1 Å². The smallest absolute Gasteiger partial charge is 0.296 e. The van der Waals surface area contributed by atoms with Gasteiger partial charge >= 0.3 is 0 Å². The van der Waals surface area contributed by atoms with E-state index < -0.39 is 17.4 Å². The molecule has 1 aromatic carbocycles. The van der Waals surface area contributed by atoms with Gasteiger partial charge in [0.2, 0.25) is 0 Å². The molecule has 0 saturated heterocycles. The Morgan fingerprint density at radius 1 is 1.47 bits per heavy atom. The number of amides is 1. The first kappa shape index (κ1) is 11.2. The molecule has 0 aliphatic heterocycles. The van der Waals surface area contributed by atoms with Crippen LogP contribution in [0.25, 0.3) is 0 Å². The van der Waals surface area contributed by atoms with Gasteiger partial charge in [-0.15, -0.1) is 0 Å². The summed E-state index contributed by atoms with van der Waals surface area (Å²) in [6.45, 7) is 3.02. The van der Waals surface area contributed by atoms with Crippen molar-refractivity contribution in [3.8, 4) is 0 Å². The maximum absolute atomic E-state index is 11.1. The van der Waals surface area contributed by atoms with E-state index in [4.69, 9.17) is 0 Å². The molecule has 1 amide bonds. The van der Waals surface area contributed by atoms with Gasteiger partial charge in [-0.05, 0) is 31.0 Å². The van der Waals surface area contributed by atoms with Gasteiger partial charge in [0.1, 0.15) is 0 Å². The summed E-state index contributed by atoms with van der Waals surface area (Å²) >= 11 is 0. The summed E-state index contributed by atoms with van der Waals surface area (Å²) in [6.07, 6.45) is 0. The van der Waals surface area contributed by atoms with Crippen molar-refractivity contribution < 1.29 is 9.72 Å². The van der Waals surface area contributed by atoms with Crippen LogP contribution in [-0.2, 0) is 4.79 Å². The maximum Gasteiger partial charge on any atom is 0.296 e. The van der Waals surface area contributed by atoms with Crippen LogP contribution in [0.2, 0.25) is 0 Å². The molecule has 5 nitrogen and oxygen atoms in total. The van der Waals surface area contributed by atoms with Crippen molar-refractivity contribution in [2.45, 2.75) is 13.8 Å². The number of aryl methyl sites for hydroxylation is 2. The zero-order valence-corrected chi connectivity index (χ0v) is 8.61. The molecule has 0 aliphatic rings. The highest BCUT2D eigenvalue weighted by Crippen LogP contribution is 2.15. The van der Waals surface area contributed by atoms with E-state index in [2.05, 4.69) is 5.32 Å². The average Bonchev–Trinajstić information content (AvgIpc) is 2.10. The predicted molar refractivity (Wildman–Crippen MR) is 56.4 cm³/mol. The summed E-state index contributed by atoms with van der Waals surface area (Å²) < 4.78 is 0. The third-order valence-corrected chi connectivity index (χ3v) is 1.94. The summed E-state index contributed by atoms with van der Waals surface area (Å²) in [5.41, 5.74) is 2.51. The van der Waals surface area contributed by atoms with Gasteiger partial charge < -0.3 is 5.32 Å². The van der Waals surface area contributed by atoms with Gasteiger partial charge in [0.15, 0.2) is 0 Å². The van der Waals surface area contributed by atoms with E-state index in [1.165, 1.54) is 0 Å². The fourth-order valence-corrected chi connectivity index (χ4v) is 1.18. The molecule has 0 spiro atoms. The molecule has 1 aromatic rings. The van der Waals surface area contributed by atoms with E-state index in [9.17, 15) is 14.9 Å². The Hall–Kier alpha value is -1.91. The minimum Gasteiger partial charge on any atom is -0.320 e. The lowest BCUT2D eigenvalue weighted by Crippen LogP contribution is -2.22. The van der Waals surface area contributed by atoms with Crippen LogP contribution in [0.3, 0.4) is 0 Å². The van der Waals surface area contributed by atoms with E-state index in [0.29, 0.717) is 5.69 Å². The predicted octanol–water partition coefficient (Wildman–Crippen LogP) is 1.52. The number of nitro groups is 1. The number of hydrogen-bond acceptors (Lipinski definition) is 3. The zero-order valence-electron chi connectivity index (χ0n) is 8.61. The number of anilines is 1. The topological polar surface area (TPSA) is 72.2 Å². The zero-order chi connectivity index (χ0) is 11.4. The van der Waals surface area contributed by atoms with Crippen molar-refractivity contribution in [1.29, 1.82) is 0 Å². The highest BCUT2D eigenvalue weighted by molar-refractivity contribution is 5.92. The summed E-state index contributed by atoms with van der Waals surface area (Å²) in [4.78, 5) is 20.6. The van der Waals surface area contributed by atoms with Crippen LogP contribution in [0.1, 0.15) is 11.1 Å². The van der Waals surface area contributed by atoms with Gasteiger partial charge in [0.25, 0.3) is 12.5 Å². The first-order valence-electron chi connectivity index (χ1n) is 4.48. The number of rotatable bonds is 3. The van der Waals surface area contributed by atoms with Gasteiger partial charge in [0, 0.05) is 10.6 Å². The quantitative estimate of drug-likeness (QED) is 0.604. The van der Waals surface area contributed by atoms with Crippen molar-refractivity contribution in [2.24, 2.45) is 0 Å². The molecule has 0 heterocycles. The van der Waals surface area contributed by atoms with Gasteiger partial charge in [-0.2, -0.15) is 0 Å². The van der Waals surface area contributed by atoms with Gasteiger partial charge in [0.05, 0.1) is 0 Å². The number of nitrogens with one attached hydrogen (secondary N) is 1. The fourth-order valence-electron chi connectivity index (χ4n) is 1.18. The number of carbonyl (C=O) groups is 1. The second-order valence-electron chi connectivity index (χ2n) is 3.36. The van der Waals surface area contributed by atoms with Crippen LogP contribution in [-0.4, -0.2) is 17.4 Å². The second-order valence-corrected chi connectivity index (χ2v) is 3.36. The Morgan fingerprint density at radius 2 is 2.13 bits per heavy atom. The third-order valence-electron chi connectivity index (χ3n) is 1.94. The summed E-state index contributed by atoms with van der Waals surface area (Å²) in [7, 11) is 0. The van der Waals surface area contributed by atoms with Crippen molar-refractivity contribution in [2.75, 3.05) is 11.9 Å². The van der Waals surface area contributed by atoms with Crippen molar-refractivity contribution >= 4 is 11.6 Å². The first-order valence-corrected chi connectivity index (χ1v) is 4.48. The van der Waals surface area contributed by atoms with E-state index in [1.54, 1.807) is 6.07 Å². The van der Waals surface area contributed by atoms with E-state index in [-0.39, 0.29) is 0 Å². The van der Waals surface area contributed by atoms with Crippen molar-refractivity contribution in [3.05, 3.63) is 39.4 Å². The van der Waals surface area contributed by atoms with E-state index in [1.807, 2.05) is 26.0 Å². The third kappa shape index (κ3) is 3.38. The van der Waals surface area contributed by atoms with Crippen LogP contribution in [0.5, 0.6) is 0 Å². The molecular formula is C10H12N2O3. The Kier molecular flexibility index (Phi) is 3.38. The van der Waals surface area contributed by atoms with Crippen LogP contribution < -0.4 is 5.32 Å². The summed E-state index contributed by atoms with van der Waals surface area (Å²) in [5.74, 6) is -0.603. The lowest BCUT2D eigenvalue weighted by molar-refractivity contribution is -0.467. The lowest BCUT2D eigenvalue weighted by Gasteiger charge is -2.07. The van der Waals surface area contributed by atoms with Crippen LogP contribution in [0.4, 0.5) is 5.69 Å². The van der Waals surface area contributed by atoms with Gasteiger partial charge in [-0.3, -0.25) is 14.9 Å². The van der Waals surface area contributed by atoms with Gasteiger partial charge in [-0.1, -0.05) is 12.1 Å². The molecule has 1 N–H and O–H groups in total. The fraction of sp³-hybridized carbons (Fsp3) is 0.300. The molecule has 0 aliphatic carbocycles. The SMILES string of the molecule is Cc1ccc(C)c(NC(=O)C[N+](=O)[O-])c1. The molecular weight excluding hydrogens is 196 g/mol. The monoisotopic (exact) mass is 208 g/mol. The van der Waals surface area contributed by atoms with Crippen LogP contribution in [0.15, 0.2) is 18.2 Å². The standard InChI is InChI=1S/C10H12N2O3/c1-7-3-4-8(2)9(5-7)11-10(13)6-12(14)15/h3-5H,6H2,1-2H3,(H,11,13).